The van der Waals surface area contributed by atoms with E-state index in [0.717, 1.165) is 38.9 Å². The Kier molecular flexibility index (Phi) is 8.21. The summed E-state index contributed by atoms with van der Waals surface area (Å²) in [5.41, 5.74) is 0.409. The maximum atomic E-state index is 15.1. The van der Waals surface area contributed by atoms with Crippen LogP contribution >= 0.6 is 0 Å². The fraction of sp³-hybridized carbons (Fsp3) is 0.556. The number of rotatable bonds is 8. The van der Waals surface area contributed by atoms with Crippen LogP contribution in [0, 0.1) is 11.7 Å². The SMILES string of the molecule is C[C@@H]1CN(CC2CCN(c3c(F)cccc3NS(=O)(=O)c3ccc(S(=O)(=O)N4CCC4)cc3)CC2)C[C@H](C)O1. The standard InChI is InChI=1S/C27H37FN4O5S2/c1-20-17-30(18-21(2)37-20)19-22-11-15-31(16-12-22)27-25(28)5-3-6-26(27)29-38(33,34)23-7-9-24(10-8-23)39(35,36)32-13-4-14-32/h3,5-10,20-22,29H,4,11-19H2,1-2H3/t20-,21+. The Hall–Kier alpha value is -2.25. The van der Waals surface area contributed by atoms with Gasteiger partial charge in [0.05, 0.1) is 33.4 Å². The summed E-state index contributed by atoms with van der Waals surface area (Å²) in [5, 5.41) is 0. The first-order valence-corrected chi connectivity index (χ1v) is 16.5. The lowest BCUT2D eigenvalue weighted by Crippen LogP contribution is -2.48. The lowest BCUT2D eigenvalue weighted by atomic mass is 9.95. The average molecular weight is 581 g/mol. The van der Waals surface area contributed by atoms with Crippen molar-refractivity contribution in [2.24, 2.45) is 5.92 Å². The van der Waals surface area contributed by atoms with Crippen LogP contribution in [0.1, 0.15) is 33.1 Å². The monoisotopic (exact) mass is 580 g/mol. The number of hydrogen-bond donors (Lipinski definition) is 1. The number of nitrogens with one attached hydrogen (secondary N) is 1. The second kappa shape index (κ2) is 11.3. The van der Waals surface area contributed by atoms with Crippen LogP contribution in [0.2, 0.25) is 0 Å². The summed E-state index contributed by atoms with van der Waals surface area (Å²) in [6.07, 6.45) is 3.00. The molecule has 0 saturated carbocycles. The molecule has 3 heterocycles. The Bertz CT molecular complexity index is 1370. The molecule has 3 fully saturated rings. The highest BCUT2D eigenvalue weighted by Crippen LogP contribution is 2.34. The van der Waals surface area contributed by atoms with E-state index in [0.29, 0.717) is 32.1 Å². The van der Waals surface area contributed by atoms with E-state index in [4.69, 9.17) is 4.74 Å². The van der Waals surface area contributed by atoms with Gasteiger partial charge in [-0.15, -0.1) is 0 Å². The summed E-state index contributed by atoms with van der Waals surface area (Å²) in [6.45, 7) is 9.17. The number of ether oxygens (including phenoxy) is 1. The largest absolute Gasteiger partial charge is 0.373 e. The zero-order valence-electron chi connectivity index (χ0n) is 22.4. The van der Waals surface area contributed by atoms with Gasteiger partial charge >= 0.3 is 0 Å². The predicted octanol–water partition coefficient (Wildman–Crippen LogP) is 3.35. The zero-order valence-corrected chi connectivity index (χ0v) is 24.1. The summed E-state index contributed by atoms with van der Waals surface area (Å²) >= 11 is 0. The normalized spacial score (nSPS) is 23.9. The van der Waals surface area contributed by atoms with Gasteiger partial charge in [0.2, 0.25) is 10.0 Å². The smallest absolute Gasteiger partial charge is 0.261 e. The van der Waals surface area contributed by atoms with Crippen molar-refractivity contribution in [1.82, 2.24) is 9.21 Å². The number of sulfonamides is 2. The number of anilines is 2. The minimum Gasteiger partial charge on any atom is -0.373 e. The molecule has 2 aromatic rings. The average Bonchev–Trinajstić information content (AvgIpc) is 2.83. The summed E-state index contributed by atoms with van der Waals surface area (Å²) < 4.78 is 76.4. The van der Waals surface area contributed by atoms with Gasteiger partial charge in [-0.3, -0.25) is 9.62 Å². The third-order valence-corrected chi connectivity index (χ3v) is 11.1. The highest BCUT2D eigenvalue weighted by Gasteiger charge is 2.31. The number of hydrogen-bond acceptors (Lipinski definition) is 7. The lowest BCUT2D eigenvalue weighted by molar-refractivity contribution is -0.0720. The first-order valence-electron chi connectivity index (χ1n) is 13.6. The van der Waals surface area contributed by atoms with E-state index in [-0.39, 0.29) is 33.4 Å². The molecule has 9 nitrogen and oxygen atoms in total. The topological polar surface area (TPSA) is 99.3 Å². The van der Waals surface area contributed by atoms with Gasteiger partial charge in [-0.2, -0.15) is 4.31 Å². The van der Waals surface area contributed by atoms with Crippen LogP contribution in [-0.2, 0) is 24.8 Å². The molecule has 1 N–H and O–H groups in total. The number of benzene rings is 2. The van der Waals surface area contributed by atoms with E-state index in [1.807, 2.05) is 4.90 Å². The molecule has 0 unspecified atom stereocenters. The van der Waals surface area contributed by atoms with Gasteiger partial charge < -0.3 is 9.64 Å². The highest BCUT2D eigenvalue weighted by atomic mass is 32.2. The van der Waals surface area contributed by atoms with Crippen molar-refractivity contribution in [3.8, 4) is 0 Å². The molecule has 3 aliphatic rings. The molecule has 2 atom stereocenters. The number of piperidine rings is 1. The van der Waals surface area contributed by atoms with Crippen molar-refractivity contribution < 1.29 is 26.0 Å². The molecule has 3 aliphatic heterocycles. The van der Waals surface area contributed by atoms with Crippen LogP contribution in [0.4, 0.5) is 15.8 Å². The van der Waals surface area contributed by atoms with Gasteiger partial charge in [0.1, 0.15) is 5.82 Å². The highest BCUT2D eigenvalue weighted by molar-refractivity contribution is 7.92. The van der Waals surface area contributed by atoms with Crippen LogP contribution in [0.15, 0.2) is 52.3 Å². The van der Waals surface area contributed by atoms with Crippen LogP contribution in [0.3, 0.4) is 0 Å². The summed E-state index contributed by atoms with van der Waals surface area (Å²) in [4.78, 5) is 4.32. The Labute approximate surface area is 231 Å². The summed E-state index contributed by atoms with van der Waals surface area (Å²) in [6, 6.07) is 9.52. The van der Waals surface area contributed by atoms with Crippen LogP contribution in [0.25, 0.3) is 0 Å². The van der Waals surface area contributed by atoms with Gasteiger partial charge in [0.25, 0.3) is 10.0 Å². The molecule has 39 heavy (non-hydrogen) atoms. The van der Waals surface area contributed by atoms with E-state index < -0.39 is 25.9 Å². The van der Waals surface area contributed by atoms with Crippen LogP contribution in [-0.4, -0.2) is 84.1 Å². The van der Waals surface area contributed by atoms with Crippen molar-refractivity contribution in [3.05, 3.63) is 48.3 Å². The fourth-order valence-electron chi connectivity index (χ4n) is 5.73. The molecule has 0 spiro atoms. The van der Waals surface area contributed by atoms with Gasteiger partial charge in [-0.1, -0.05) is 6.07 Å². The minimum atomic E-state index is -4.08. The quantitative estimate of drug-likeness (QED) is 0.511. The predicted molar refractivity (Wildman–Crippen MR) is 148 cm³/mol. The molecule has 0 amide bonds. The summed E-state index contributed by atoms with van der Waals surface area (Å²) in [5.74, 6) is -0.00260. The van der Waals surface area contributed by atoms with Crippen molar-refractivity contribution in [1.29, 1.82) is 0 Å². The van der Waals surface area contributed by atoms with Crippen molar-refractivity contribution >= 4 is 31.4 Å². The second-order valence-corrected chi connectivity index (χ2v) is 14.5. The lowest BCUT2D eigenvalue weighted by Gasteiger charge is -2.40. The Morgan fingerprint density at radius 2 is 1.51 bits per heavy atom. The summed E-state index contributed by atoms with van der Waals surface area (Å²) in [7, 11) is -7.69. The van der Waals surface area contributed by atoms with E-state index in [2.05, 4.69) is 23.5 Å². The van der Waals surface area contributed by atoms with Gasteiger partial charge in [0, 0.05) is 45.8 Å². The van der Waals surface area contributed by atoms with Gasteiger partial charge in [0.15, 0.2) is 0 Å². The van der Waals surface area contributed by atoms with E-state index in [1.165, 1.54) is 40.7 Å². The molecule has 0 bridgehead atoms. The maximum Gasteiger partial charge on any atom is 0.261 e. The number of para-hydroxylation sites is 1. The molecular formula is C27H37FN4O5S2. The molecule has 5 rings (SSSR count). The van der Waals surface area contributed by atoms with E-state index in [9.17, 15) is 16.8 Å². The molecule has 0 aliphatic carbocycles. The zero-order chi connectivity index (χ0) is 27.8. The second-order valence-electron chi connectivity index (χ2n) is 10.9. The first-order chi connectivity index (χ1) is 18.5. The fourth-order valence-corrected chi connectivity index (χ4v) is 8.31. The molecular weight excluding hydrogens is 543 g/mol. The number of nitrogens with zero attached hydrogens (tertiary/aromatic N) is 3. The third kappa shape index (κ3) is 6.25. The van der Waals surface area contributed by atoms with Gasteiger partial charge in [-0.05, 0) is 75.4 Å². The molecule has 214 valence electrons. The molecule has 0 radical (unpaired) electrons. The van der Waals surface area contributed by atoms with E-state index >= 15 is 4.39 Å². The first kappa shape index (κ1) is 28.3. The number of halogens is 1. The van der Waals surface area contributed by atoms with E-state index in [1.54, 1.807) is 6.07 Å². The Balaban J connectivity index is 1.26. The van der Waals surface area contributed by atoms with Crippen LogP contribution < -0.4 is 9.62 Å². The molecule has 12 heteroatoms. The van der Waals surface area contributed by atoms with Crippen molar-refractivity contribution in [2.45, 2.75) is 55.1 Å². The molecule has 0 aromatic heterocycles. The third-order valence-electron chi connectivity index (χ3n) is 7.76. The van der Waals surface area contributed by atoms with Crippen LogP contribution in [0.5, 0.6) is 0 Å². The molecule has 2 aromatic carbocycles. The molecule has 3 saturated heterocycles. The van der Waals surface area contributed by atoms with Gasteiger partial charge in [-0.25, -0.2) is 21.2 Å². The minimum absolute atomic E-state index is 0.0523. The maximum absolute atomic E-state index is 15.1. The van der Waals surface area contributed by atoms with Crippen molar-refractivity contribution in [3.63, 3.8) is 0 Å². The number of morpholine rings is 1. The van der Waals surface area contributed by atoms with Crippen molar-refractivity contribution in [2.75, 3.05) is 55.4 Å². The Morgan fingerprint density at radius 1 is 0.897 bits per heavy atom. The Morgan fingerprint density at radius 3 is 2.10 bits per heavy atom.